The van der Waals surface area contributed by atoms with Crippen LogP contribution in [0, 0.1) is 17.4 Å². The Bertz CT molecular complexity index is 222. The first kappa shape index (κ1) is 6.47. The number of rotatable bonds is 2. The average molecular weight is 151 g/mol. The summed E-state index contributed by atoms with van der Waals surface area (Å²) in [5.41, 5.74) is 0. The molecule has 3 fully saturated rings. The van der Waals surface area contributed by atoms with Crippen LogP contribution in [0.2, 0.25) is 0 Å². The van der Waals surface area contributed by atoms with Crippen molar-refractivity contribution in [2.45, 2.75) is 18.5 Å². The first-order chi connectivity index (χ1) is 5.36. The Kier molecular flexibility index (Phi) is 1.25. The number of hydrogen-bond donors (Lipinski definition) is 1. The number of fused-ring (bicyclic) bond motifs is 1. The monoisotopic (exact) mass is 151 g/mol. The maximum atomic E-state index is 10.1. The highest BCUT2D eigenvalue weighted by atomic mass is 16.1. The van der Waals surface area contributed by atoms with E-state index in [9.17, 15) is 4.79 Å². The minimum atomic E-state index is 0.243. The number of nitrogens with one attached hydrogen (secondary N) is 1. The van der Waals surface area contributed by atoms with Gasteiger partial charge in [0.1, 0.15) is 0 Å². The van der Waals surface area contributed by atoms with Gasteiger partial charge in [-0.3, -0.25) is 4.79 Å². The molecule has 0 spiro atoms. The second-order valence-electron chi connectivity index (χ2n) is 3.13. The zero-order valence-corrected chi connectivity index (χ0v) is 6.03. The zero-order valence-electron chi connectivity index (χ0n) is 6.03. The van der Waals surface area contributed by atoms with E-state index in [4.69, 9.17) is 5.26 Å². The van der Waals surface area contributed by atoms with Crippen LogP contribution in [0.25, 0.3) is 0 Å². The number of nitriles is 1. The van der Waals surface area contributed by atoms with Crippen molar-refractivity contribution in [3.05, 3.63) is 0 Å². The molecule has 0 radical (unpaired) electrons. The van der Waals surface area contributed by atoms with Gasteiger partial charge < -0.3 is 10.2 Å². The van der Waals surface area contributed by atoms with Crippen LogP contribution in [0.4, 0.5) is 0 Å². The van der Waals surface area contributed by atoms with Gasteiger partial charge in [0.05, 0.1) is 12.1 Å². The lowest BCUT2D eigenvalue weighted by atomic mass is 9.80. The number of nitrogens with zero attached hydrogens (tertiary/aromatic N) is 2. The third-order valence-electron chi connectivity index (χ3n) is 2.69. The largest absolute Gasteiger partial charge is 0.353 e. The third-order valence-corrected chi connectivity index (χ3v) is 2.69. The minimum absolute atomic E-state index is 0.243. The van der Waals surface area contributed by atoms with Gasteiger partial charge in [0, 0.05) is 12.5 Å². The molecule has 1 amide bonds. The molecule has 0 aromatic rings. The highest BCUT2D eigenvalue weighted by Gasteiger charge is 2.51. The van der Waals surface area contributed by atoms with Gasteiger partial charge in [0.25, 0.3) is 0 Å². The van der Waals surface area contributed by atoms with Crippen LogP contribution in [-0.2, 0) is 4.79 Å². The Morgan fingerprint density at radius 3 is 3.09 bits per heavy atom. The van der Waals surface area contributed by atoms with Gasteiger partial charge in [0.15, 0.2) is 6.19 Å². The summed E-state index contributed by atoms with van der Waals surface area (Å²) in [5, 5.41) is 11.3. The SMILES string of the molecule is N#CN1CC2CC1C2NC=O. The summed E-state index contributed by atoms with van der Waals surface area (Å²) in [5.74, 6) is 0.518. The fourth-order valence-corrected chi connectivity index (χ4v) is 2.06. The van der Waals surface area contributed by atoms with E-state index >= 15 is 0 Å². The molecule has 2 heterocycles. The molecule has 3 rings (SSSR count). The lowest BCUT2D eigenvalue weighted by Crippen LogP contribution is -2.51. The van der Waals surface area contributed by atoms with Crippen molar-refractivity contribution in [2.24, 2.45) is 5.92 Å². The molecule has 2 saturated heterocycles. The van der Waals surface area contributed by atoms with Crippen molar-refractivity contribution in [3.8, 4) is 6.19 Å². The number of amides is 1. The quantitative estimate of drug-likeness (QED) is 0.419. The van der Waals surface area contributed by atoms with E-state index in [0.717, 1.165) is 19.4 Å². The molecular formula is C7H9N3O. The molecule has 2 aliphatic heterocycles. The van der Waals surface area contributed by atoms with E-state index in [-0.39, 0.29) is 12.1 Å². The first-order valence-electron chi connectivity index (χ1n) is 3.73. The van der Waals surface area contributed by atoms with E-state index in [0.29, 0.717) is 5.92 Å². The molecule has 11 heavy (non-hydrogen) atoms. The van der Waals surface area contributed by atoms with Gasteiger partial charge in [-0.1, -0.05) is 0 Å². The Morgan fingerprint density at radius 2 is 2.55 bits per heavy atom. The zero-order chi connectivity index (χ0) is 7.84. The Hall–Kier alpha value is -1.24. The first-order valence-corrected chi connectivity index (χ1v) is 3.73. The van der Waals surface area contributed by atoms with E-state index < -0.39 is 0 Å². The van der Waals surface area contributed by atoms with Crippen molar-refractivity contribution in [1.82, 2.24) is 10.2 Å². The molecule has 1 saturated carbocycles. The van der Waals surface area contributed by atoms with Crippen LogP contribution in [-0.4, -0.2) is 29.9 Å². The molecule has 3 atom stereocenters. The molecular weight excluding hydrogens is 142 g/mol. The summed E-state index contributed by atoms with van der Waals surface area (Å²) < 4.78 is 0. The standard InChI is InChI=1S/C7H9N3O/c8-3-10-2-5-1-6(10)7(5)9-4-11/h4-7H,1-2H2,(H,9,11). The third kappa shape index (κ3) is 0.709. The molecule has 1 N–H and O–H groups in total. The molecule has 0 aromatic heterocycles. The van der Waals surface area contributed by atoms with Gasteiger partial charge in [0.2, 0.25) is 6.41 Å². The molecule has 0 aromatic carbocycles. The van der Waals surface area contributed by atoms with E-state index in [2.05, 4.69) is 11.5 Å². The fraction of sp³-hybridized carbons (Fsp3) is 0.714. The predicted octanol–water partition coefficient (Wildman–Crippen LogP) is -0.714. The summed E-state index contributed by atoms with van der Waals surface area (Å²) in [6.07, 6.45) is 3.92. The maximum Gasteiger partial charge on any atom is 0.207 e. The maximum absolute atomic E-state index is 10.1. The van der Waals surface area contributed by atoms with E-state index in [1.807, 2.05) is 0 Å². The van der Waals surface area contributed by atoms with E-state index in [1.165, 1.54) is 0 Å². The summed E-state index contributed by atoms with van der Waals surface area (Å²) in [4.78, 5) is 11.9. The molecule has 58 valence electrons. The Labute approximate surface area is 64.8 Å². The van der Waals surface area contributed by atoms with Crippen LogP contribution in [0.1, 0.15) is 6.42 Å². The van der Waals surface area contributed by atoms with E-state index in [1.54, 1.807) is 4.90 Å². The summed E-state index contributed by atoms with van der Waals surface area (Å²) in [6, 6.07) is 0.530. The van der Waals surface area contributed by atoms with Crippen LogP contribution >= 0.6 is 0 Å². The van der Waals surface area contributed by atoms with Crippen LogP contribution in [0.15, 0.2) is 0 Å². The minimum Gasteiger partial charge on any atom is -0.353 e. The van der Waals surface area contributed by atoms with Gasteiger partial charge in [-0.2, -0.15) is 5.26 Å². The molecule has 4 heteroatoms. The van der Waals surface area contributed by atoms with Gasteiger partial charge in [-0.05, 0) is 6.42 Å². The molecule has 3 unspecified atom stereocenters. The summed E-state index contributed by atoms with van der Waals surface area (Å²) >= 11 is 0. The van der Waals surface area contributed by atoms with Crippen molar-refractivity contribution in [1.29, 1.82) is 5.26 Å². The van der Waals surface area contributed by atoms with Crippen LogP contribution < -0.4 is 5.32 Å². The normalized spacial score (nSPS) is 39.2. The molecule has 3 aliphatic rings. The smallest absolute Gasteiger partial charge is 0.207 e. The second-order valence-corrected chi connectivity index (χ2v) is 3.13. The van der Waals surface area contributed by atoms with Crippen LogP contribution in [0.3, 0.4) is 0 Å². The Balaban J connectivity index is 2.01. The van der Waals surface area contributed by atoms with Crippen molar-refractivity contribution < 1.29 is 4.79 Å². The Morgan fingerprint density at radius 1 is 1.73 bits per heavy atom. The lowest BCUT2D eigenvalue weighted by molar-refractivity contribution is -0.111. The van der Waals surface area contributed by atoms with Crippen molar-refractivity contribution in [2.75, 3.05) is 6.54 Å². The predicted molar refractivity (Wildman–Crippen MR) is 37.2 cm³/mol. The van der Waals surface area contributed by atoms with Gasteiger partial charge >= 0.3 is 0 Å². The van der Waals surface area contributed by atoms with Gasteiger partial charge in [-0.25, -0.2) is 0 Å². The molecule has 2 bridgehead atoms. The summed E-state index contributed by atoms with van der Waals surface area (Å²) in [6.45, 7) is 0.826. The second kappa shape index (κ2) is 2.12. The summed E-state index contributed by atoms with van der Waals surface area (Å²) in [7, 11) is 0. The fourth-order valence-electron chi connectivity index (χ4n) is 2.06. The number of carbonyl (C=O) groups is 1. The van der Waals surface area contributed by atoms with Crippen molar-refractivity contribution >= 4 is 6.41 Å². The number of hydrogen-bond acceptors (Lipinski definition) is 3. The number of carbonyl (C=O) groups excluding carboxylic acids is 1. The van der Waals surface area contributed by atoms with Crippen LogP contribution in [0.5, 0.6) is 0 Å². The van der Waals surface area contributed by atoms with Gasteiger partial charge in [-0.15, -0.1) is 0 Å². The average Bonchev–Trinajstić information content (AvgIpc) is 2.55. The highest BCUT2D eigenvalue weighted by molar-refractivity contribution is 5.48. The molecule has 1 aliphatic carbocycles. The topological polar surface area (TPSA) is 56.1 Å². The lowest BCUT2D eigenvalue weighted by Gasteiger charge is -2.34. The highest BCUT2D eigenvalue weighted by Crippen LogP contribution is 2.40. The van der Waals surface area contributed by atoms with Crippen molar-refractivity contribution in [3.63, 3.8) is 0 Å². The molecule has 4 nitrogen and oxygen atoms in total.